The third kappa shape index (κ3) is 2.80. The second kappa shape index (κ2) is 5.83. The van der Waals surface area contributed by atoms with E-state index in [0.29, 0.717) is 0 Å². The molecule has 17 heavy (non-hydrogen) atoms. The van der Waals surface area contributed by atoms with E-state index in [1.807, 2.05) is 0 Å². The molecule has 0 saturated carbocycles. The van der Waals surface area contributed by atoms with E-state index in [-0.39, 0.29) is 6.61 Å². The Morgan fingerprint density at radius 2 is 2.29 bits per heavy atom. The van der Waals surface area contributed by atoms with E-state index in [4.69, 9.17) is 0 Å². The second-order valence-electron chi connectivity index (χ2n) is 4.77. The van der Waals surface area contributed by atoms with Crippen molar-refractivity contribution in [1.82, 2.24) is 4.98 Å². The summed E-state index contributed by atoms with van der Waals surface area (Å²) in [6.45, 7) is 6.77. The summed E-state index contributed by atoms with van der Waals surface area (Å²) in [5.41, 5.74) is 1.08. The minimum absolute atomic E-state index is 0.132. The van der Waals surface area contributed by atoms with Crippen LogP contribution >= 0.6 is 11.3 Å². The van der Waals surface area contributed by atoms with Crippen LogP contribution in [-0.4, -0.2) is 23.2 Å². The maximum absolute atomic E-state index is 9.29. The molecular formula is C13H22N2OS. The maximum Gasteiger partial charge on any atom is 0.185 e. The number of aryl methyl sites for hydroxylation is 1. The number of aliphatic hydroxyl groups excluding tert-OH is 1. The van der Waals surface area contributed by atoms with Gasteiger partial charge in [0.1, 0.15) is 0 Å². The van der Waals surface area contributed by atoms with Gasteiger partial charge in [-0.15, -0.1) is 0 Å². The number of nitrogens with zero attached hydrogens (tertiary/aromatic N) is 2. The van der Waals surface area contributed by atoms with Crippen molar-refractivity contribution in [2.24, 2.45) is 5.92 Å². The summed E-state index contributed by atoms with van der Waals surface area (Å²) in [6.07, 6.45) is 4.82. The standard InChI is InChI=1S/C13H22N2OS/c1-3-5-10-6-7-15(8-10)13-14-11(4-2)12(9-16)17-13/h10,16H,3-9H2,1-2H3. The number of aromatic nitrogens is 1. The zero-order valence-corrected chi connectivity index (χ0v) is 11.6. The molecule has 2 heterocycles. The Balaban J connectivity index is 2.05. The Bertz CT molecular complexity index is 343. The van der Waals surface area contributed by atoms with Crippen LogP contribution in [0.1, 0.15) is 43.7 Å². The average Bonchev–Trinajstić information content (AvgIpc) is 2.94. The number of hydrogen-bond donors (Lipinski definition) is 1. The lowest BCUT2D eigenvalue weighted by molar-refractivity contribution is 0.284. The number of anilines is 1. The van der Waals surface area contributed by atoms with Gasteiger partial charge in [0.25, 0.3) is 0 Å². The van der Waals surface area contributed by atoms with E-state index < -0.39 is 0 Å². The third-order valence-corrected chi connectivity index (χ3v) is 4.64. The highest BCUT2D eigenvalue weighted by Crippen LogP contribution is 2.31. The van der Waals surface area contributed by atoms with Crippen molar-refractivity contribution < 1.29 is 5.11 Å². The van der Waals surface area contributed by atoms with Crippen molar-refractivity contribution in [2.45, 2.75) is 46.1 Å². The molecule has 0 amide bonds. The van der Waals surface area contributed by atoms with Crippen LogP contribution in [0.15, 0.2) is 0 Å². The van der Waals surface area contributed by atoms with Crippen LogP contribution in [0.4, 0.5) is 5.13 Å². The van der Waals surface area contributed by atoms with E-state index in [1.54, 1.807) is 11.3 Å². The fourth-order valence-corrected chi connectivity index (χ4v) is 3.60. The average molecular weight is 254 g/mol. The van der Waals surface area contributed by atoms with Gasteiger partial charge in [-0.25, -0.2) is 4.98 Å². The molecule has 3 nitrogen and oxygen atoms in total. The summed E-state index contributed by atoms with van der Waals surface area (Å²) in [5.74, 6) is 0.839. The van der Waals surface area contributed by atoms with E-state index in [0.717, 1.165) is 41.1 Å². The SMILES string of the molecule is CCCC1CCN(c2nc(CC)c(CO)s2)C1. The Morgan fingerprint density at radius 3 is 2.88 bits per heavy atom. The van der Waals surface area contributed by atoms with Crippen molar-refractivity contribution >= 4 is 16.5 Å². The first-order valence-corrected chi connectivity index (χ1v) is 7.44. The molecule has 1 unspecified atom stereocenters. The summed E-state index contributed by atoms with van der Waals surface area (Å²) >= 11 is 1.67. The second-order valence-corrected chi connectivity index (χ2v) is 5.83. The lowest BCUT2D eigenvalue weighted by atomic mass is 10.0. The highest BCUT2D eigenvalue weighted by Gasteiger charge is 2.24. The van der Waals surface area contributed by atoms with Gasteiger partial charge < -0.3 is 10.0 Å². The van der Waals surface area contributed by atoms with E-state index in [1.165, 1.54) is 19.3 Å². The zero-order valence-electron chi connectivity index (χ0n) is 10.8. The molecule has 1 aliphatic heterocycles. The first-order valence-electron chi connectivity index (χ1n) is 6.62. The summed E-state index contributed by atoms with van der Waals surface area (Å²) in [4.78, 5) is 8.10. The van der Waals surface area contributed by atoms with Crippen molar-refractivity contribution in [3.05, 3.63) is 10.6 Å². The van der Waals surface area contributed by atoms with Crippen molar-refractivity contribution in [1.29, 1.82) is 0 Å². The molecule has 1 fully saturated rings. The maximum atomic E-state index is 9.29. The van der Waals surface area contributed by atoms with E-state index in [2.05, 4.69) is 23.7 Å². The molecular weight excluding hydrogens is 232 g/mol. The lowest BCUT2D eigenvalue weighted by Crippen LogP contribution is -2.19. The van der Waals surface area contributed by atoms with Gasteiger partial charge in [-0.1, -0.05) is 31.6 Å². The first kappa shape index (κ1) is 12.8. The summed E-state index contributed by atoms with van der Waals surface area (Å²) < 4.78 is 0. The Labute approximate surface area is 107 Å². The molecule has 2 rings (SSSR count). The first-order chi connectivity index (χ1) is 8.28. The largest absolute Gasteiger partial charge is 0.391 e. The zero-order chi connectivity index (χ0) is 12.3. The monoisotopic (exact) mass is 254 g/mol. The van der Waals surface area contributed by atoms with Gasteiger partial charge >= 0.3 is 0 Å². The van der Waals surface area contributed by atoms with Gasteiger partial charge in [0.2, 0.25) is 0 Å². The molecule has 1 atom stereocenters. The molecule has 0 radical (unpaired) electrons. The Kier molecular flexibility index (Phi) is 4.40. The predicted molar refractivity (Wildman–Crippen MR) is 72.6 cm³/mol. The number of hydrogen-bond acceptors (Lipinski definition) is 4. The minimum Gasteiger partial charge on any atom is -0.391 e. The molecule has 0 aliphatic carbocycles. The molecule has 1 aromatic heterocycles. The Hall–Kier alpha value is -0.610. The highest BCUT2D eigenvalue weighted by atomic mass is 32.1. The van der Waals surface area contributed by atoms with Crippen LogP contribution in [0.5, 0.6) is 0 Å². The molecule has 4 heteroatoms. The quantitative estimate of drug-likeness (QED) is 0.878. The number of thiazole rings is 1. The van der Waals surface area contributed by atoms with Crippen molar-refractivity contribution in [3.8, 4) is 0 Å². The van der Waals surface area contributed by atoms with Crippen LogP contribution in [0, 0.1) is 5.92 Å². The fraction of sp³-hybridized carbons (Fsp3) is 0.769. The molecule has 1 aliphatic rings. The number of rotatable bonds is 5. The van der Waals surface area contributed by atoms with Gasteiger partial charge in [-0.05, 0) is 25.2 Å². The van der Waals surface area contributed by atoms with Crippen molar-refractivity contribution in [2.75, 3.05) is 18.0 Å². The molecule has 0 spiro atoms. The van der Waals surface area contributed by atoms with Crippen LogP contribution in [0.2, 0.25) is 0 Å². The van der Waals surface area contributed by atoms with Crippen LogP contribution in [-0.2, 0) is 13.0 Å². The van der Waals surface area contributed by atoms with Gasteiger partial charge in [-0.2, -0.15) is 0 Å². The molecule has 1 saturated heterocycles. The smallest absolute Gasteiger partial charge is 0.185 e. The van der Waals surface area contributed by atoms with Crippen molar-refractivity contribution in [3.63, 3.8) is 0 Å². The fourth-order valence-electron chi connectivity index (χ4n) is 2.56. The molecule has 0 bridgehead atoms. The van der Waals surface area contributed by atoms with Gasteiger partial charge in [0.15, 0.2) is 5.13 Å². The lowest BCUT2D eigenvalue weighted by Gasteiger charge is -2.14. The van der Waals surface area contributed by atoms with Crippen LogP contribution in [0.25, 0.3) is 0 Å². The van der Waals surface area contributed by atoms with Crippen LogP contribution in [0.3, 0.4) is 0 Å². The normalized spacial score (nSPS) is 20.2. The predicted octanol–water partition coefficient (Wildman–Crippen LogP) is 2.82. The minimum atomic E-state index is 0.132. The van der Waals surface area contributed by atoms with Gasteiger partial charge in [0, 0.05) is 13.1 Å². The third-order valence-electron chi connectivity index (χ3n) is 3.50. The number of aliphatic hydroxyl groups is 1. The van der Waals surface area contributed by atoms with Gasteiger partial charge in [0.05, 0.1) is 17.2 Å². The summed E-state index contributed by atoms with van der Waals surface area (Å²) in [6, 6.07) is 0. The summed E-state index contributed by atoms with van der Waals surface area (Å²) in [5, 5.41) is 10.4. The topological polar surface area (TPSA) is 36.4 Å². The molecule has 1 aromatic rings. The van der Waals surface area contributed by atoms with E-state index in [9.17, 15) is 5.11 Å². The molecule has 0 aromatic carbocycles. The van der Waals surface area contributed by atoms with E-state index >= 15 is 0 Å². The molecule has 1 N–H and O–H groups in total. The highest BCUT2D eigenvalue weighted by molar-refractivity contribution is 7.15. The van der Waals surface area contributed by atoms with Crippen LogP contribution < -0.4 is 4.90 Å². The summed E-state index contributed by atoms with van der Waals surface area (Å²) in [7, 11) is 0. The van der Waals surface area contributed by atoms with Gasteiger partial charge in [-0.3, -0.25) is 0 Å². The Morgan fingerprint density at radius 1 is 1.47 bits per heavy atom. The molecule has 96 valence electrons.